The molecule has 0 spiro atoms. The number of para-hydroxylation sites is 1. The summed E-state index contributed by atoms with van der Waals surface area (Å²) in [4.78, 5) is 13.5. The molecule has 1 aliphatic heterocycles. The first-order chi connectivity index (χ1) is 8.74. The molecule has 2 rings (SSSR count). The zero-order valence-electron chi connectivity index (χ0n) is 10.5. The zero-order chi connectivity index (χ0) is 13.0. The number of benzene rings is 1. The van der Waals surface area contributed by atoms with E-state index in [1.54, 1.807) is 31.3 Å². The van der Waals surface area contributed by atoms with Crippen molar-refractivity contribution in [2.24, 2.45) is 0 Å². The summed E-state index contributed by atoms with van der Waals surface area (Å²) >= 11 is 0. The molecular formula is C13H17NO4. The van der Waals surface area contributed by atoms with Gasteiger partial charge in [0.1, 0.15) is 18.0 Å². The first-order valence-corrected chi connectivity index (χ1v) is 5.82. The van der Waals surface area contributed by atoms with Crippen LogP contribution in [0.2, 0.25) is 0 Å². The Hall–Kier alpha value is -1.59. The fraction of sp³-hybridized carbons (Fsp3) is 0.462. The van der Waals surface area contributed by atoms with Crippen molar-refractivity contribution in [3.05, 3.63) is 30.3 Å². The highest BCUT2D eigenvalue weighted by Crippen LogP contribution is 2.18. The molecule has 1 aliphatic rings. The van der Waals surface area contributed by atoms with E-state index in [1.165, 1.54) is 0 Å². The van der Waals surface area contributed by atoms with Gasteiger partial charge >= 0.3 is 6.09 Å². The maximum atomic E-state index is 11.9. The van der Waals surface area contributed by atoms with Crippen LogP contribution in [0.3, 0.4) is 0 Å². The van der Waals surface area contributed by atoms with Crippen molar-refractivity contribution < 1.29 is 19.0 Å². The van der Waals surface area contributed by atoms with Gasteiger partial charge in [0.05, 0.1) is 13.1 Å². The van der Waals surface area contributed by atoms with Crippen LogP contribution < -0.4 is 4.74 Å². The summed E-state index contributed by atoms with van der Waals surface area (Å²) in [6.07, 6.45) is -0.570. The molecule has 1 aromatic rings. The van der Waals surface area contributed by atoms with Crippen molar-refractivity contribution in [2.75, 3.05) is 27.3 Å². The Balaban J connectivity index is 1.95. The highest BCUT2D eigenvalue weighted by Gasteiger charge is 2.36. The van der Waals surface area contributed by atoms with Crippen molar-refractivity contribution in [3.63, 3.8) is 0 Å². The van der Waals surface area contributed by atoms with Crippen LogP contribution in [-0.4, -0.2) is 50.5 Å². The number of likely N-dealkylation sites (tertiary alicyclic amines) is 1. The fourth-order valence-electron chi connectivity index (χ4n) is 2.00. The van der Waals surface area contributed by atoms with E-state index in [0.29, 0.717) is 18.8 Å². The Morgan fingerprint density at radius 3 is 2.17 bits per heavy atom. The number of nitrogens with zero attached hydrogens (tertiary/aromatic N) is 1. The van der Waals surface area contributed by atoms with E-state index in [2.05, 4.69) is 0 Å². The van der Waals surface area contributed by atoms with E-state index in [4.69, 9.17) is 14.2 Å². The van der Waals surface area contributed by atoms with Gasteiger partial charge in [-0.15, -0.1) is 0 Å². The van der Waals surface area contributed by atoms with Crippen molar-refractivity contribution in [1.82, 2.24) is 4.90 Å². The van der Waals surface area contributed by atoms with Crippen LogP contribution in [0.25, 0.3) is 0 Å². The number of hydrogen-bond acceptors (Lipinski definition) is 4. The lowest BCUT2D eigenvalue weighted by Gasteiger charge is -2.15. The molecule has 0 aromatic heterocycles. The minimum atomic E-state index is -0.372. The molecule has 5 heteroatoms. The number of ether oxygens (including phenoxy) is 3. The molecule has 18 heavy (non-hydrogen) atoms. The van der Waals surface area contributed by atoms with E-state index in [9.17, 15) is 4.79 Å². The monoisotopic (exact) mass is 251 g/mol. The summed E-state index contributed by atoms with van der Waals surface area (Å²) in [6, 6.07) is 9.01. The van der Waals surface area contributed by atoms with Gasteiger partial charge < -0.3 is 19.1 Å². The summed E-state index contributed by atoms with van der Waals surface area (Å²) in [5, 5.41) is 0. The molecule has 0 aliphatic carbocycles. The molecule has 2 atom stereocenters. The van der Waals surface area contributed by atoms with Gasteiger partial charge in [-0.2, -0.15) is 0 Å². The van der Waals surface area contributed by atoms with Gasteiger partial charge in [-0.25, -0.2) is 4.79 Å². The minimum absolute atomic E-state index is 0.0988. The molecule has 1 aromatic carbocycles. The van der Waals surface area contributed by atoms with Crippen LogP contribution in [0, 0.1) is 0 Å². The summed E-state index contributed by atoms with van der Waals surface area (Å²) in [7, 11) is 3.23. The third kappa shape index (κ3) is 2.80. The van der Waals surface area contributed by atoms with Gasteiger partial charge in [0.2, 0.25) is 0 Å². The lowest BCUT2D eigenvalue weighted by molar-refractivity contribution is -0.00461. The van der Waals surface area contributed by atoms with Gasteiger partial charge in [0.25, 0.3) is 0 Å². The summed E-state index contributed by atoms with van der Waals surface area (Å²) in [5.41, 5.74) is 0. The lowest BCUT2D eigenvalue weighted by atomic mass is 10.3. The van der Waals surface area contributed by atoms with Crippen molar-refractivity contribution in [3.8, 4) is 5.75 Å². The number of hydrogen-bond donors (Lipinski definition) is 0. The van der Waals surface area contributed by atoms with Crippen LogP contribution in [0.4, 0.5) is 4.79 Å². The van der Waals surface area contributed by atoms with Crippen LogP contribution in [0.15, 0.2) is 30.3 Å². The Kier molecular flexibility index (Phi) is 4.17. The van der Waals surface area contributed by atoms with Crippen LogP contribution >= 0.6 is 0 Å². The number of carbonyl (C=O) groups is 1. The van der Waals surface area contributed by atoms with Gasteiger partial charge in [-0.05, 0) is 12.1 Å². The van der Waals surface area contributed by atoms with E-state index >= 15 is 0 Å². The van der Waals surface area contributed by atoms with E-state index in [1.807, 2.05) is 18.2 Å². The Bertz CT molecular complexity index is 383. The normalized spacial score (nSPS) is 23.1. The maximum Gasteiger partial charge on any atom is 0.415 e. The summed E-state index contributed by atoms with van der Waals surface area (Å²) in [5.74, 6) is 0.539. The van der Waals surface area contributed by atoms with Gasteiger partial charge in [0.15, 0.2) is 0 Å². The van der Waals surface area contributed by atoms with E-state index in [-0.39, 0.29) is 18.3 Å². The standard InChI is InChI=1S/C13H17NO4/c1-16-11-8-14(9-12(11)17-2)13(15)18-10-6-4-3-5-7-10/h3-7,11-12H,8-9H2,1-2H3. The highest BCUT2D eigenvalue weighted by atomic mass is 16.6. The van der Waals surface area contributed by atoms with Gasteiger partial charge in [-0.1, -0.05) is 18.2 Å². The second kappa shape index (κ2) is 5.84. The van der Waals surface area contributed by atoms with E-state index < -0.39 is 0 Å². The van der Waals surface area contributed by atoms with E-state index in [0.717, 1.165) is 0 Å². The molecule has 0 N–H and O–H groups in total. The second-order valence-corrected chi connectivity index (χ2v) is 4.13. The predicted octanol–water partition coefficient (Wildman–Crippen LogP) is 1.53. The molecule has 1 heterocycles. The number of amides is 1. The van der Waals surface area contributed by atoms with Crippen molar-refractivity contribution in [2.45, 2.75) is 12.2 Å². The smallest absolute Gasteiger partial charge is 0.410 e. The summed E-state index contributed by atoms with van der Waals surface area (Å²) < 4.78 is 15.8. The molecule has 0 saturated carbocycles. The summed E-state index contributed by atoms with van der Waals surface area (Å²) in [6.45, 7) is 0.974. The predicted molar refractivity (Wildman–Crippen MR) is 65.6 cm³/mol. The molecule has 0 radical (unpaired) electrons. The first-order valence-electron chi connectivity index (χ1n) is 5.82. The number of methoxy groups -OCH3 is 2. The SMILES string of the molecule is COC1CN(C(=O)Oc2ccccc2)CC1OC. The minimum Gasteiger partial charge on any atom is -0.410 e. The first kappa shape index (κ1) is 12.9. The third-order valence-corrected chi connectivity index (χ3v) is 3.03. The fourth-order valence-corrected chi connectivity index (χ4v) is 2.00. The zero-order valence-corrected chi connectivity index (χ0v) is 10.5. The van der Waals surface area contributed by atoms with Gasteiger partial charge in [0, 0.05) is 14.2 Å². The largest absolute Gasteiger partial charge is 0.415 e. The molecule has 1 saturated heterocycles. The van der Waals surface area contributed by atoms with Crippen molar-refractivity contribution in [1.29, 1.82) is 0 Å². The van der Waals surface area contributed by atoms with Crippen LogP contribution in [-0.2, 0) is 9.47 Å². The molecule has 5 nitrogen and oxygen atoms in total. The van der Waals surface area contributed by atoms with Crippen molar-refractivity contribution >= 4 is 6.09 Å². The average molecular weight is 251 g/mol. The second-order valence-electron chi connectivity index (χ2n) is 4.13. The molecule has 2 unspecified atom stereocenters. The maximum absolute atomic E-state index is 11.9. The topological polar surface area (TPSA) is 48.0 Å². The Morgan fingerprint density at radius 2 is 1.67 bits per heavy atom. The molecule has 0 bridgehead atoms. The molecule has 1 amide bonds. The average Bonchev–Trinajstić information content (AvgIpc) is 2.83. The third-order valence-electron chi connectivity index (χ3n) is 3.03. The molecular weight excluding hydrogens is 234 g/mol. The molecule has 1 fully saturated rings. The van der Waals surface area contributed by atoms with Gasteiger partial charge in [-0.3, -0.25) is 0 Å². The lowest BCUT2D eigenvalue weighted by Crippen LogP contribution is -2.32. The van der Waals surface area contributed by atoms with Crippen LogP contribution in [0.5, 0.6) is 5.75 Å². The highest BCUT2D eigenvalue weighted by molar-refractivity contribution is 5.71. The Morgan fingerprint density at radius 1 is 1.11 bits per heavy atom. The molecule has 98 valence electrons. The number of rotatable bonds is 3. The number of carbonyl (C=O) groups excluding carboxylic acids is 1. The Labute approximate surface area is 106 Å². The van der Waals surface area contributed by atoms with Crippen LogP contribution in [0.1, 0.15) is 0 Å². The quantitative estimate of drug-likeness (QED) is 0.817.